The number of piperidine rings is 1. The molecular weight excluding hydrogens is 292 g/mol. The SMILES string of the molecule is CN1C(=O)CCC(Nc2nnc(Cl)c3ccccc23)C1=O. The van der Waals surface area contributed by atoms with Crippen LogP contribution in [-0.4, -0.2) is 40.0 Å². The van der Waals surface area contributed by atoms with Crippen molar-refractivity contribution in [2.75, 3.05) is 12.4 Å². The Hall–Kier alpha value is -2.21. The maximum Gasteiger partial charge on any atom is 0.251 e. The largest absolute Gasteiger partial charge is 0.356 e. The zero-order valence-corrected chi connectivity index (χ0v) is 12.1. The van der Waals surface area contributed by atoms with Crippen molar-refractivity contribution in [3.05, 3.63) is 29.4 Å². The van der Waals surface area contributed by atoms with E-state index in [1.807, 2.05) is 24.3 Å². The Morgan fingerprint density at radius 1 is 1.24 bits per heavy atom. The maximum absolute atomic E-state index is 12.1. The number of aromatic nitrogens is 2. The van der Waals surface area contributed by atoms with Gasteiger partial charge >= 0.3 is 0 Å². The number of hydrogen-bond acceptors (Lipinski definition) is 5. The minimum Gasteiger partial charge on any atom is -0.356 e. The molecule has 1 atom stereocenters. The van der Waals surface area contributed by atoms with Crippen LogP contribution in [-0.2, 0) is 9.59 Å². The number of likely N-dealkylation sites (tertiary alicyclic amines) is 1. The molecule has 0 saturated carbocycles. The maximum atomic E-state index is 12.1. The zero-order chi connectivity index (χ0) is 15.0. The number of halogens is 1. The number of imide groups is 1. The van der Waals surface area contributed by atoms with Gasteiger partial charge in [-0.1, -0.05) is 35.9 Å². The molecule has 1 N–H and O–H groups in total. The van der Waals surface area contributed by atoms with Crippen LogP contribution in [0, 0.1) is 0 Å². The number of carbonyl (C=O) groups excluding carboxylic acids is 2. The lowest BCUT2D eigenvalue weighted by atomic mass is 10.0. The van der Waals surface area contributed by atoms with Crippen LogP contribution in [0.25, 0.3) is 10.8 Å². The fourth-order valence-corrected chi connectivity index (χ4v) is 2.59. The van der Waals surface area contributed by atoms with Crippen molar-refractivity contribution >= 4 is 40.0 Å². The van der Waals surface area contributed by atoms with Crippen LogP contribution in [0.2, 0.25) is 5.15 Å². The number of carbonyl (C=O) groups is 2. The Balaban J connectivity index is 1.94. The van der Waals surface area contributed by atoms with Crippen LogP contribution >= 0.6 is 11.6 Å². The number of nitrogens with one attached hydrogen (secondary N) is 1. The predicted octanol–water partition coefficient (Wildman–Crippen LogP) is 1.84. The summed E-state index contributed by atoms with van der Waals surface area (Å²) in [5, 5.41) is 12.9. The van der Waals surface area contributed by atoms with Crippen molar-refractivity contribution in [1.82, 2.24) is 15.1 Å². The normalized spacial score (nSPS) is 19.1. The first-order chi connectivity index (χ1) is 10.1. The van der Waals surface area contributed by atoms with Crippen LogP contribution in [0.4, 0.5) is 5.82 Å². The molecule has 3 rings (SSSR count). The van der Waals surface area contributed by atoms with Crippen molar-refractivity contribution in [3.63, 3.8) is 0 Å². The molecule has 2 heterocycles. The van der Waals surface area contributed by atoms with E-state index >= 15 is 0 Å². The van der Waals surface area contributed by atoms with Crippen LogP contribution in [0.1, 0.15) is 12.8 Å². The van der Waals surface area contributed by atoms with Gasteiger partial charge in [-0.15, -0.1) is 10.2 Å². The van der Waals surface area contributed by atoms with Gasteiger partial charge in [0.15, 0.2) is 11.0 Å². The van der Waals surface area contributed by atoms with Crippen molar-refractivity contribution in [2.24, 2.45) is 0 Å². The van der Waals surface area contributed by atoms with E-state index in [1.54, 1.807) is 0 Å². The minimum absolute atomic E-state index is 0.162. The number of benzene rings is 1. The van der Waals surface area contributed by atoms with Gasteiger partial charge in [-0.3, -0.25) is 14.5 Å². The highest BCUT2D eigenvalue weighted by molar-refractivity contribution is 6.34. The van der Waals surface area contributed by atoms with Gasteiger partial charge in [0.25, 0.3) is 5.91 Å². The van der Waals surface area contributed by atoms with E-state index in [9.17, 15) is 9.59 Å². The Labute approximate surface area is 126 Å². The van der Waals surface area contributed by atoms with E-state index in [1.165, 1.54) is 7.05 Å². The molecular formula is C14H13ClN4O2. The lowest BCUT2D eigenvalue weighted by Crippen LogP contribution is -2.48. The van der Waals surface area contributed by atoms with E-state index in [4.69, 9.17) is 11.6 Å². The molecule has 1 aromatic carbocycles. The minimum atomic E-state index is -0.480. The quantitative estimate of drug-likeness (QED) is 0.857. The molecule has 1 saturated heterocycles. The van der Waals surface area contributed by atoms with E-state index in [0.29, 0.717) is 23.8 Å². The summed E-state index contributed by atoms with van der Waals surface area (Å²) in [5.41, 5.74) is 0. The molecule has 0 radical (unpaired) electrons. The number of nitrogens with zero attached hydrogens (tertiary/aromatic N) is 3. The Kier molecular flexibility index (Phi) is 3.47. The first-order valence-corrected chi connectivity index (χ1v) is 6.93. The van der Waals surface area contributed by atoms with Crippen molar-refractivity contribution < 1.29 is 9.59 Å². The van der Waals surface area contributed by atoms with Gasteiger partial charge in [-0.05, 0) is 6.42 Å². The summed E-state index contributed by atoms with van der Waals surface area (Å²) in [4.78, 5) is 24.7. The predicted molar refractivity (Wildman–Crippen MR) is 79.0 cm³/mol. The number of hydrogen-bond donors (Lipinski definition) is 1. The topological polar surface area (TPSA) is 75.2 Å². The van der Waals surface area contributed by atoms with E-state index < -0.39 is 6.04 Å². The first-order valence-electron chi connectivity index (χ1n) is 6.56. The van der Waals surface area contributed by atoms with E-state index in [-0.39, 0.29) is 11.8 Å². The fourth-order valence-electron chi connectivity index (χ4n) is 2.39. The van der Waals surface area contributed by atoms with Crippen LogP contribution in [0.5, 0.6) is 0 Å². The fraction of sp³-hybridized carbons (Fsp3) is 0.286. The third-order valence-electron chi connectivity index (χ3n) is 3.60. The molecule has 1 aliphatic rings. The highest BCUT2D eigenvalue weighted by Crippen LogP contribution is 2.27. The van der Waals surface area contributed by atoms with E-state index in [2.05, 4.69) is 15.5 Å². The molecule has 0 aliphatic carbocycles. The summed E-state index contributed by atoms with van der Waals surface area (Å²) in [5.74, 6) is 0.0771. The summed E-state index contributed by atoms with van der Waals surface area (Å²) in [6.07, 6.45) is 0.777. The molecule has 1 fully saturated rings. The number of rotatable bonds is 2. The third kappa shape index (κ3) is 2.42. The number of fused-ring (bicyclic) bond motifs is 1. The lowest BCUT2D eigenvalue weighted by molar-refractivity contribution is -0.146. The molecule has 6 nitrogen and oxygen atoms in total. The monoisotopic (exact) mass is 304 g/mol. The summed E-state index contributed by atoms with van der Waals surface area (Å²) < 4.78 is 0. The average molecular weight is 305 g/mol. The van der Waals surface area contributed by atoms with Gasteiger partial charge in [0.05, 0.1) is 0 Å². The van der Waals surface area contributed by atoms with Gasteiger partial charge in [-0.25, -0.2) is 0 Å². The molecule has 1 unspecified atom stereocenters. The molecule has 1 aromatic heterocycles. The molecule has 2 aromatic rings. The molecule has 0 bridgehead atoms. The summed E-state index contributed by atoms with van der Waals surface area (Å²) in [6.45, 7) is 0. The lowest BCUT2D eigenvalue weighted by Gasteiger charge is -2.28. The molecule has 2 amide bonds. The summed E-state index contributed by atoms with van der Waals surface area (Å²) in [6, 6.07) is 6.95. The van der Waals surface area contributed by atoms with Gasteiger partial charge in [0, 0.05) is 24.2 Å². The van der Waals surface area contributed by atoms with Crippen LogP contribution in [0.15, 0.2) is 24.3 Å². The molecule has 1 aliphatic heterocycles. The van der Waals surface area contributed by atoms with Gasteiger partial charge < -0.3 is 5.32 Å². The Morgan fingerprint density at radius 2 is 1.95 bits per heavy atom. The number of likely N-dealkylation sites (N-methyl/N-ethyl adjacent to an activating group) is 1. The number of anilines is 1. The molecule has 21 heavy (non-hydrogen) atoms. The average Bonchev–Trinajstić information content (AvgIpc) is 2.50. The standard InChI is InChI=1S/C14H13ClN4O2/c1-19-11(20)7-6-10(14(19)21)16-13-9-5-3-2-4-8(9)12(15)17-18-13/h2-5,10H,6-7H2,1H3,(H,16,18). The van der Waals surface area contributed by atoms with Crippen molar-refractivity contribution in [1.29, 1.82) is 0 Å². The molecule has 7 heteroatoms. The third-order valence-corrected chi connectivity index (χ3v) is 3.88. The Bertz CT molecular complexity index is 734. The first kappa shape index (κ1) is 13.8. The second kappa shape index (κ2) is 5.29. The summed E-state index contributed by atoms with van der Waals surface area (Å²) in [7, 11) is 1.49. The number of amides is 2. The van der Waals surface area contributed by atoms with Crippen molar-refractivity contribution in [2.45, 2.75) is 18.9 Å². The Morgan fingerprint density at radius 3 is 2.71 bits per heavy atom. The summed E-state index contributed by atoms with van der Waals surface area (Å²) >= 11 is 6.02. The van der Waals surface area contributed by atoms with Crippen LogP contribution in [0.3, 0.4) is 0 Å². The molecule has 0 spiro atoms. The van der Waals surface area contributed by atoms with Gasteiger partial charge in [0.2, 0.25) is 5.91 Å². The molecule has 108 valence electrons. The highest BCUT2D eigenvalue weighted by Gasteiger charge is 2.32. The van der Waals surface area contributed by atoms with Gasteiger partial charge in [-0.2, -0.15) is 0 Å². The van der Waals surface area contributed by atoms with Gasteiger partial charge in [0.1, 0.15) is 6.04 Å². The smallest absolute Gasteiger partial charge is 0.251 e. The zero-order valence-electron chi connectivity index (χ0n) is 11.3. The second-order valence-electron chi connectivity index (χ2n) is 4.91. The van der Waals surface area contributed by atoms with E-state index in [0.717, 1.165) is 15.7 Å². The van der Waals surface area contributed by atoms with Crippen LogP contribution < -0.4 is 5.32 Å². The van der Waals surface area contributed by atoms with Crippen molar-refractivity contribution in [3.8, 4) is 0 Å². The highest BCUT2D eigenvalue weighted by atomic mass is 35.5. The second-order valence-corrected chi connectivity index (χ2v) is 5.27.